The standard InChI is InChI=1S/C43H78O17P2/c1-3-5-7-8-9-10-11-12-13-16-20-23-27-31-37(46)58-35(32-56-36(45)30-26-22-19-17-14-15-18-21-25-29-34(44)28-24-6-4-2)33-57-62(54,55)60-43-40(49)38(47)39(48)42(41(43)50)59-61(51,52)53/h6,18,21,24-25,29,34-35,38-44,47-50H,3-5,7-17,19-20,22-23,26-28,30-33H2,1-2H3,(H,54,55)(H2,51,52,53)/b21-18+,24-6+,29-25+/t34?,35-,38?,39?,40?,41?,42-,43+/m1/s1. The van der Waals surface area contributed by atoms with Crippen LogP contribution in [0, 0.1) is 0 Å². The van der Waals surface area contributed by atoms with Crippen LogP contribution in [0.3, 0.4) is 0 Å². The number of hydrogen-bond donors (Lipinski definition) is 8. The molecule has 0 spiro atoms. The van der Waals surface area contributed by atoms with Crippen molar-refractivity contribution in [2.45, 2.75) is 210 Å². The van der Waals surface area contributed by atoms with Crippen LogP contribution in [0.25, 0.3) is 0 Å². The van der Waals surface area contributed by atoms with E-state index in [1.54, 1.807) is 6.08 Å². The zero-order valence-electron chi connectivity index (χ0n) is 36.9. The molecule has 17 nitrogen and oxygen atoms in total. The zero-order chi connectivity index (χ0) is 46.2. The average molecular weight is 929 g/mol. The Morgan fingerprint density at radius 2 is 1.11 bits per heavy atom. The minimum Gasteiger partial charge on any atom is -0.462 e. The van der Waals surface area contributed by atoms with Crippen molar-refractivity contribution >= 4 is 27.6 Å². The van der Waals surface area contributed by atoms with Crippen LogP contribution >= 0.6 is 15.6 Å². The van der Waals surface area contributed by atoms with E-state index in [-0.39, 0.29) is 12.8 Å². The Morgan fingerprint density at radius 1 is 0.597 bits per heavy atom. The maximum absolute atomic E-state index is 13.0. The number of ether oxygens (including phenoxy) is 2. The molecule has 0 aromatic heterocycles. The smallest absolute Gasteiger partial charge is 0.462 e. The summed E-state index contributed by atoms with van der Waals surface area (Å²) >= 11 is 0. The number of allylic oxidation sites excluding steroid dienone is 4. The van der Waals surface area contributed by atoms with E-state index in [1.807, 2.05) is 37.3 Å². The van der Waals surface area contributed by atoms with Crippen LogP contribution in [-0.2, 0) is 41.8 Å². The Kier molecular flexibility index (Phi) is 32.4. The number of phosphoric acid groups is 2. The van der Waals surface area contributed by atoms with Gasteiger partial charge in [0.25, 0.3) is 0 Å². The third-order valence-electron chi connectivity index (χ3n) is 10.3. The lowest BCUT2D eigenvalue weighted by Gasteiger charge is -2.43. The van der Waals surface area contributed by atoms with Gasteiger partial charge in [-0.05, 0) is 38.5 Å². The molecule has 8 N–H and O–H groups in total. The molecule has 0 aromatic carbocycles. The van der Waals surface area contributed by atoms with Crippen molar-refractivity contribution in [3.05, 3.63) is 36.5 Å². The van der Waals surface area contributed by atoms with Crippen molar-refractivity contribution < 1.29 is 82.0 Å². The number of esters is 2. The molecule has 0 aromatic rings. The number of rotatable bonds is 37. The predicted octanol–water partition coefficient (Wildman–Crippen LogP) is 6.92. The molecule has 0 bridgehead atoms. The number of aliphatic hydroxyl groups excluding tert-OH is 5. The molecule has 0 aliphatic heterocycles. The van der Waals surface area contributed by atoms with Crippen molar-refractivity contribution in [1.29, 1.82) is 0 Å². The molecule has 0 amide bonds. The molecule has 0 radical (unpaired) electrons. The number of hydrogen-bond acceptors (Lipinski definition) is 14. The molecule has 9 atom stereocenters. The van der Waals surface area contributed by atoms with Crippen LogP contribution in [0.2, 0.25) is 0 Å². The van der Waals surface area contributed by atoms with Gasteiger partial charge in [0.05, 0.1) is 12.7 Å². The van der Waals surface area contributed by atoms with Crippen molar-refractivity contribution in [1.82, 2.24) is 0 Å². The normalized spacial score (nSPS) is 22.9. The van der Waals surface area contributed by atoms with Gasteiger partial charge in [-0.25, -0.2) is 9.13 Å². The molecule has 1 saturated carbocycles. The summed E-state index contributed by atoms with van der Waals surface area (Å²) in [6, 6.07) is 0. The van der Waals surface area contributed by atoms with Crippen LogP contribution in [0.1, 0.15) is 162 Å². The largest absolute Gasteiger partial charge is 0.472 e. The number of aliphatic hydroxyl groups is 5. The Bertz CT molecular complexity index is 1370. The molecule has 19 heteroatoms. The monoisotopic (exact) mass is 928 g/mol. The second-order valence-electron chi connectivity index (χ2n) is 15.9. The summed E-state index contributed by atoms with van der Waals surface area (Å²) < 4.78 is 49.2. The first-order valence-corrected chi connectivity index (χ1v) is 25.7. The van der Waals surface area contributed by atoms with Gasteiger partial charge in [0, 0.05) is 12.8 Å². The summed E-state index contributed by atoms with van der Waals surface area (Å²) in [5, 5.41) is 51.0. The highest BCUT2D eigenvalue weighted by atomic mass is 31.2. The molecule has 0 saturated heterocycles. The zero-order valence-corrected chi connectivity index (χ0v) is 38.7. The lowest BCUT2D eigenvalue weighted by atomic mass is 9.85. The fourth-order valence-corrected chi connectivity index (χ4v) is 8.31. The molecule has 362 valence electrons. The van der Waals surface area contributed by atoms with Crippen molar-refractivity contribution in [3.8, 4) is 0 Å². The molecular weight excluding hydrogens is 850 g/mol. The third-order valence-corrected chi connectivity index (χ3v) is 11.8. The highest BCUT2D eigenvalue weighted by molar-refractivity contribution is 7.47. The average Bonchev–Trinajstić information content (AvgIpc) is 3.22. The van der Waals surface area contributed by atoms with E-state index in [2.05, 4.69) is 11.4 Å². The SMILES string of the molecule is CC/C=C/CC(O)/C=C/C=C/CCCCCCCC(=O)OC[C@H](COP(=O)(O)O[C@H]1C(O)C(O)C(O)[C@@H](OP(=O)(O)O)C1O)OC(=O)CCCCCCCCCCCCCCC. The fourth-order valence-electron chi connectivity index (χ4n) is 6.77. The van der Waals surface area contributed by atoms with Gasteiger partial charge in [0.2, 0.25) is 0 Å². The lowest BCUT2D eigenvalue weighted by molar-refractivity contribution is -0.216. The van der Waals surface area contributed by atoms with E-state index >= 15 is 0 Å². The molecule has 0 heterocycles. The van der Waals surface area contributed by atoms with E-state index in [1.165, 1.54) is 51.4 Å². The summed E-state index contributed by atoms with van der Waals surface area (Å²) in [6.45, 7) is 2.86. The van der Waals surface area contributed by atoms with Crippen LogP contribution < -0.4 is 0 Å². The Balaban J connectivity index is 2.64. The quantitative estimate of drug-likeness (QED) is 0.0103. The molecular formula is C43H78O17P2. The minimum atomic E-state index is -5.37. The van der Waals surface area contributed by atoms with Crippen LogP contribution in [0.4, 0.5) is 0 Å². The number of phosphoric ester groups is 2. The summed E-state index contributed by atoms with van der Waals surface area (Å²) in [5.41, 5.74) is 0. The minimum absolute atomic E-state index is 0.0314. The first-order chi connectivity index (χ1) is 29.5. The summed E-state index contributed by atoms with van der Waals surface area (Å²) in [6.07, 6.45) is 17.2. The summed E-state index contributed by atoms with van der Waals surface area (Å²) in [4.78, 5) is 54.2. The van der Waals surface area contributed by atoms with Gasteiger partial charge in [-0.1, -0.05) is 147 Å². The molecule has 1 rings (SSSR count). The van der Waals surface area contributed by atoms with E-state index in [0.717, 1.165) is 64.2 Å². The van der Waals surface area contributed by atoms with Gasteiger partial charge in [-0.3, -0.25) is 23.2 Å². The van der Waals surface area contributed by atoms with E-state index in [0.29, 0.717) is 19.3 Å². The molecule has 62 heavy (non-hydrogen) atoms. The number of carbonyl (C=O) groups is 2. The Labute approximate surface area is 368 Å². The predicted molar refractivity (Wildman–Crippen MR) is 233 cm³/mol. The van der Waals surface area contributed by atoms with Gasteiger partial charge in [-0.15, -0.1) is 0 Å². The van der Waals surface area contributed by atoms with Crippen molar-refractivity contribution in [2.24, 2.45) is 0 Å². The second kappa shape index (κ2) is 34.5. The number of unbranched alkanes of at least 4 members (excludes halogenated alkanes) is 17. The van der Waals surface area contributed by atoms with E-state index in [4.69, 9.17) is 28.3 Å². The van der Waals surface area contributed by atoms with Crippen LogP contribution in [0.5, 0.6) is 0 Å². The summed E-state index contributed by atoms with van der Waals surface area (Å²) in [7, 11) is -10.7. The molecule has 1 aliphatic carbocycles. The third kappa shape index (κ3) is 28.9. The summed E-state index contributed by atoms with van der Waals surface area (Å²) in [5.74, 6) is -1.26. The van der Waals surface area contributed by atoms with Gasteiger partial charge >= 0.3 is 27.6 Å². The maximum atomic E-state index is 13.0. The lowest BCUT2D eigenvalue weighted by Crippen LogP contribution is -2.64. The second-order valence-corrected chi connectivity index (χ2v) is 18.5. The van der Waals surface area contributed by atoms with Crippen molar-refractivity contribution in [3.63, 3.8) is 0 Å². The van der Waals surface area contributed by atoms with Gasteiger partial charge in [0.1, 0.15) is 43.2 Å². The van der Waals surface area contributed by atoms with E-state index in [9.17, 15) is 49.1 Å². The van der Waals surface area contributed by atoms with Crippen LogP contribution in [-0.4, -0.2) is 114 Å². The van der Waals surface area contributed by atoms with Gasteiger partial charge in [0.15, 0.2) is 6.10 Å². The molecule has 1 fully saturated rings. The molecule has 6 unspecified atom stereocenters. The van der Waals surface area contributed by atoms with Gasteiger partial charge in [-0.2, -0.15) is 0 Å². The maximum Gasteiger partial charge on any atom is 0.472 e. The molecule has 1 aliphatic rings. The van der Waals surface area contributed by atoms with Gasteiger partial charge < -0.3 is 49.7 Å². The first kappa shape index (κ1) is 58.2. The Morgan fingerprint density at radius 3 is 1.66 bits per heavy atom. The Hall–Kier alpha value is -1.82. The fraction of sp³-hybridized carbons (Fsp3) is 0.814. The van der Waals surface area contributed by atoms with Crippen molar-refractivity contribution in [2.75, 3.05) is 13.2 Å². The topological polar surface area (TPSA) is 276 Å². The highest BCUT2D eigenvalue weighted by Gasteiger charge is 2.54. The number of carbonyl (C=O) groups excluding carboxylic acids is 2. The first-order valence-electron chi connectivity index (χ1n) is 22.6. The van der Waals surface area contributed by atoms with Crippen LogP contribution in [0.15, 0.2) is 36.5 Å². The van der Waals surface area contributed by atoms with E-state index < -0.39 is 89.6 Å². The highest BCUT2D eigenvalue weighted by Crippen LogP contribution is 2.49.